The number of aromatic amines is 1. The van der Waals surface area contributed by atoms with Crippen LogP contribution in [0.25, 0.3) is 10.2 Å². The zero-order chi connectivity index (χ0) is 19.0. The number of aryl methyl sites for hydroxylation is 2. The van der Waals surface area contributed by atoms with Crippen LogP contribution in [0.15, 0.2) is 28.2 Å². The summed E-state index contributed by atoms with van der Waals surface area (Å²) in [5, 5.41) is 3.86. The summed E-state index contributed by atoms with van der Waals surface area (Å²) >= 11 is 8.62. The van der Waals surface area contributed by atoms with Crippen molar-refractivity contribution in [1.82, 2.24) is 9.97 Å². The number of anilines is 1. The highest BCUT2D eigenvalue weighted by Gasteiger charge is 2.20. The monoisotopic (exact) mass is 423 g/mol. The van der Waals surface area contributed by atoms with Gasteiger partial charge < -0.3 is 10.3 Å². The number of thiophene rings is 1. The Labute approximate surface area is 167 Å². The SMILES string of the molecule is O=C(CSc1nc2sc3c(c2c(=O)[nH]1)CCCC3)Nc1ccc(F)cc1Cl. The number of aromatic nitrogens is 2. The fraction of sp³-hybridized carbons (Fsp3) is 0.278. The van der Waals surface area contributed by atoms with Crippen molar-refractivity contribution < 1.29 is 9.18 Å². The summed E-state index contributed by atoms with van der Waals surface area (Å²) in [6, 6.07) is 3.76. The van der Waals surface area contributed by atoms with Gasteiger partial charge in [-0.05, 0) is 49.4 Å². The Bertz CT molecular complexity index is 1100. The molecule has 3 aromatic rings. The Balaban J connectivity index is 1.48. The van der Waals surface area contributed by atoms with Gasteiger partial charge in [-0.25, -0.2) is 9.37 Å². The standard InChI is InChI=1S/C18H15ClFN3O2S2/c19-11-7-9(20)5-6-12(11)21-14(24)8-26-18-22-16(25)15-10-3-1-2-4-13(10)27-17(15)23-18/h5-7H,1-4,8H2,(H,21,24)(H,22,23,25). The number of carbonyl (C=O) groups excluding carboxylic acids is 1. The number of nitrogens with zero attached hydrogens (tertiary/aromatic N) is 1. The summed E-state index contributed by atoms with van der Waals surface area (Å²) in [5.74, 6) is -0.740. The van der Waals surface area contributed by atoms with Crippen molar-refractivity contribution in [2.24, 2.45) is 0 Å². The van der Waals surface area contributed by atoms with Gasteiger partial charge in [0.2, 0.25) is 5.91 Å². The molecule has 0 fully saturated rings. The average molecular weight is 424 g/mol. The van der Waals surface area contributed by atoms with E-state index in [0.717, 1.165) is 53.9 Å². The molecule has 2 N–H and O–H groups in total. The van der Waals surface area contributed by atoms with E-state index in [1.165, 1.54) is 17.0 Å². The van der Waals surface area contributed by atoms with E-state index in [-0.39, 0.29) is 22.2 Å². The summed E-state index contributed by atoms with van der Waals surface area (Å²) in [7, 11) is 0. The van der Waals surface area contributed by atoms with Gasteiger partial charge in [-0.15, -0.1) is 11.3 Å². The normalized spacial score (nSPS) is 13.6. The second kappa shape index (κ2) is 7.61. The molecule has 140 valence electrons. The van der Waals surface area contributed by atoms with Crippen molar-refractivity contribution in [3.8, 4) is 0 Å². The first-order chi connectivity index (χ1) is 13.0. The first-order valence-electron chi connectivity index (χ1n) is 8.43. The maximum absolute atomic E-state index is 13.1. The molecule has 1 aliphatic carbocycles. The van der Waals surface area contributed by atoms with Crippen LogP contribution in [0.1, 0.15) is 23.3 Å². The zero-order valence-electron chi connectivity index (χ0n) is 14.1. The molecule has 0 saturated carbocycles. The van der Waals surface area contributed by atoms with Crippen LogP contribution in [-0.2, 0) is 17.6 Å². The highest BCUT2D eigenvalue weighted by Crippen LogP contribution is 2.34. The van der Waals surface area contributed by atoms with Gasteiger partial charge in [0.15, 0.2) is 5.16 Å². The maximum Gasteiger partial charge on any atom is 0.260 e. The third-order valence-electron chi connectivity index (χ3n) is 4.35. The Hall–Kier alpha value is -1.90. The van der Waals surface area contributed by atoms with E-state index in [0.29, 0.717) is 16.2 Å². The summed E-state index contributed by atoms with van der Waals surface area (Å²) < 4.78 is 13.1. The second-order valence-electron chi connectivity index (χ2n) is 6.22. The molecular formula is C18H15ClFN3O2S2. The molecule has 9 heteroatoms. The number of amides is 1. The summed E-state index contributed by atoms with van der Waals surface area (Å²) in [4.78, 5) is 33.9. The fourth-order valence-electron chi connectivity index (χ4n) is 3.12. The molecule has 5 nitrogen and oxygen atoms in total. The maximum atomic E-state index is 13.1. The Morgan fingerprint density at radius 2 is 2.19 bits per heavy atom. The number of nitrogens with one attached hydrogen (secondary N) is 2. The van der Waals surface area contributed by atoms with Crippen LogP contribution in [0.3, 0.4) is 0 Å². The van der Waals surface area contributed by atoms with Crippen LogP contribution in [0.5, 0.6) is 0 Å². The lowest BCUT2D eigenvalue weighted by Gasteiger charge is -2.09. The summed E-state index contributed by atoms with van der Waals surface area (Å²) in [5.41, 5.74) is 1.32. The van der Waals surface area contributed by atoms with Gasteiger partial charge in [-0.1, -0.05) is 23.4 Å². The largest absolute Gasteiger partial charge is 0.324 e. The Kier molecular flexibility index (Phi) is 5.21. The molecule has 0 bridgehead atoms. The molecule has 0 atom stereocenters. The molecule has 0 saturated heterocycles. The third-order valence-corrected chi connectivity index (χ3v) is 6.72. The van der Waals surface area contributed by atoms with Crippen molar-refractivity contribution >= 4 is 56.5 Å². The van der Waals surface area contributed by atoms with Gasteiger partial charge in [0.1, 0.15) is 10.6 Å². The van der Waals surface area contributed by atoms with Crippen LogP contribution in [-0.4, -0.2) is 21.6 Å². The molecule has 0 aliphatic heterocycles. The van der Waals surface area contributed by atoms with Gasteiger partial charge >= 0.3 is 0 Å². The molecule has 0 unspecified atom stereocenters. The minimum atomic E-state index is -0.471. The molecular weight excluding hydrogens is 409 g/mol. The number of carbonyl (C=O) groups is 1. The number of thioether (sulfide) groups is 1. The van der Waals surface area contributed by atoms with Crippen LogP contribution in [0.2, 0.25) is 5.02 Å². The molecule has 1 amide bonds. The Morgan fingerprint density at radius 1 is 1.37 bits per heavy atom. The lowest BCUT2D eigenvalue weighted by atomic mass is 9.97. The lowest BCUT2D eigenvalue weighted by Crippen LogP contribution is -2.16. The predicted molar refractivity (Wildman–Crippen MR) is 108 cm³/mol. The first-order valence-corrected chi connectivity index (χ1v) is 10.6. The van der Waals surface area contributed by atoms with Gasteiger partial charge in [0.25, 0.3) is 5.56 Å². The van der Waals surface area contributed by atoms with Crippen molar-refractivity contribution in [3.05, 3.63) is 49.8 Å². The quantitative estimate of drug-likeness (QED) is 0.482. The van der Waals surface area contributed by atoms with Crippen molar-refractivity contribution in [1.29, 1.82) is 0 Å². The predicted octanol–water partition coefficient (Wildman–Crippen LogP) is 4.39. The van der Waals surface area contributed by atoms with Gasteiger partial charge in [-0.2, -0.15) is 0 Å². The van der Waals surface area contributed by atoms with Crippen LogP contribution in [0, 0.1) is 5.82 Å². The fourth-order valence-corrected chi connectivity index (χ4v) is 5.32. The Morgan fingerprint density at radius 3 is 3.00 bits per heavy atom. The van der Waals surface area contributed by atoms with Crippen LogP contribution < -0.4 is 10.9 Å². The molecule has 1 aliphatic rings. The number of hydrogen-bond acceptors (Lipinski definition) is 5. The van der Waals surface area contributed by atoms with E-state index in [2.05, 4.69) is 15.3 Å². The number of halogens is 2. The highest BCUT2D eigenvalue weighted by molar-refractivity contribution is 7.99. The van der Waals surface area contributed by atoms with E-state index in [1.807, 2.05) is 0 Å². The molecule has 2 aromatic heterocycles. The van der Waals surface area contributed by atoms with Crippen LogP contribution in [0.4, 0.5) is 10.1 Å². The van der Waals surface area contributed by atoms with Gasteiger partial charge in [0.05, 0.1) is 21.8 Å². The minimum absolute atomic E-state index is 0.0489. The molecule has 4 rings (SSSR count). The lowest BCUT2D eigenvalue weighted by molar-refractivity contribution is -0.113. The van der Waals surface area contributed by atoms with E-state index in [4.69, 9.17) is 11.6 Å². The zero-order valence-corrected chi connectivity index (χ0v) is 16.5. The van der Waals surface area contributed by atoms with E-state index >= 15 is 0 Å². The molecule has 27 heavy (non-hydrogen) atoms. The molecule has 2 heterocycles. The summed E-state index contributed by atoms with van der Waals surface area (Å²) in [6.45, 7) is 0. The number of hydrogen-bond donors (Lipinski definition) is 2. The average Bonchev–Trinajstić information content (AvgIpc) is 3.01. The minimum Gasteiger partial charge on any atom is -0.324 e. The molecule has 1 aromatic carbocycles. The van der Waals surface area contributed by atoms with Crippen LogP contribution >= 0.6 is 34.7 Å². The highest BCUT2D eigenvalue weighted by atomic mass is 35.5. The number of H-pyrrole nitrogens is 1. The molecule has 0 spiro atoms. The van der Waals surface area contributed by atoms with E-state index in [9.17, 15) is 14.0 Å². The van der Waals surface area contributed by atoms with E-state index in [1.54, 1.807) is 11.3 Å². The van der Waals surface area contributed by atoms with Gasteiger partial charge in [0, 0.05) is 4.88 Å². The number of benzene rings is 1. The third kappa shape index (κ3) is 3.88. The van der Waals surface area contributed by atoms with Crippen molar-refractivity contribution in [3.63, 3.8) is 0 Å². The van der Waals surface area contributed by atoms with Crippen molar-refractivity contribution in [2.75, 3.05) is 11.1 Å². The number of rotatable bonds is 4. The van der Waals surface area contributed by atoms with Gasteiger partial charge in [-0.3, -0.25) is 9.59 Å². The topological polar surface area (TPSA) is 74.8 Å². The van der Waals surface area contributed by atoms with Crippen molar-refractivity contribution in [2.45, 2.75) is 30.8 Å². The smallest absolute Gasteiger partial charge is 0.260 e. The summed E-state index contributed by atoms with van der Waals surface area (Å²) in [6.07, 6.45) is 4.17. The number of fused-ring (bicyclic) bond motifs is 3. The first kappa shape index (κ1) is 18.5. The second-order valence-corrected chi connectivity index (χ2v) is 8.68. The molecule has 0 radical (unpaired) electrons. The van der Waals surface area contributed by atoms with E-state index < -0.39 is 5.82 Å².